The molecule has 0 aliphatic rings. The number of halogens is 2. The Balaban J connectivity index is 2.34. The highest BCUT2D eigenvalue weighted by molar-refractivity contribution is 7.09. The van der Waals surface area contributed by atoms with Crippen LogP contribution in [0.4, 0.5) is 8.78 Å². The van der Waals surface area contributed by atoms with Crippen molar-refractivity contribution < 1.29 is 8.78 Å². The molecule has 2 N–H and O–H groups in total. The summed E-state index contributed by atoms with van der Waals surface area (Å²) in [5.74, 6) is -1.19. The molecule has 1 aromatic carbocycles. The Bertz CT molecular complexity index is 476. The van der Waals surface area contributed by atoms with E-state index in [0.29, 0.717) is 24.2 Å². The van der Waals surface area contributed by atoms with Crippen LogP contribution in [-0.2, 0) is 6.42 Å². The van der Waals surface area contributed by atoms with Gasteiger partial charge in [-0.15, -0.1) is 11.3 Å². The van der Waals surface area contributed by atoms with Gasteiger partial charge < -0.3 is 5.73 Å². The summed E-state index contributed by atoms with van der Waals surface area (Å²) in [6.07, 6.45) is 0.683. The van der Waals surface area contributed by atoms with E-state index in [1.54, 1.807) is 5.38 Å². The van der Waals surface area contributed by atoms with E-state index in [1.165, 1.54) is 23.5 Å². The van der Waals surface area contributed by atoms with Gasteiger partial charge in [-0.1, -0.05) is 0 Å². The Labute approximate surface area is 95.7 Å². The molecule has 84 valence electrons. The summed E-state index contributed by atoms with van der Waals surface area (Å²) in [4.78, 5) is 4.26. The van der Waals surface area contributed by atoms with E-state index >= 15 is 0 Å². The molecule has 1 heterocycles. The van der Waals surface area contributed by atoms with E-state index in [9.17, 15) is 8.78 Å². The Hall–Kier alpha value is -1.33. The van der Waals surface area contributed by atoms with Crippen molar-refractivity contribution in [2.45, 2.75) is 6.42 Å². The quantitative estimate of drug-likeness (QED) is 0.895. The van der Waals surface area contributed by atoms with Gasteiger partial charge in [-0.05, 0) is 18.7 Å². The highest BCUT2D eigenvalue weighted by Crippen LogP contribution is 2.23. The Morgan fingerprint density at radius 3 is 2.50 bits per heavy atom. The lowest BCUT2D eigenvalue weighted by molar-refractivity contribution is 0.584. The van der Waals surface area contributed by atoms with Crippen molar-refractivity contribution in [3.63, 3.8) is 0 Å². The summed E-state index contributed by atoms with van der Waals surface area (Å²) in [6, 6.07) is 3.38. The molecule has 0 radical (unpaired) electrons. The molecule has 5 heteroatoms. The molecule has 0 bridgehead atoms. The van der Waals surface area contributed by atoms with Crippen molar-refractivity contribution in [1.82, 2.24) is 4.98 Å². The third-order valence-corrected chi connectivity index (χ3v) is 2.98. The fraction of sp³-hybridized carbons (Fsp3) is 0.182. The van der Waals surface area contributed by atoms with Crippen LogP contribution in [0.2, 0.25) is 0 Å². The van der Waals surface area contributed by atoms with Crippen LogP contribution in [0.25, 0.3) is 11.3 Å². The summed E-state index contributed by atoms with van der Waals surface area (Å²) >= 11 is 1.44. The highest BCUT2D eigenvalue weighted by Gasteiger charge is 2.07. The molecule has 2 rings (SSSR count). The Morgan fingerprint density at radius 1 is 1.19 bits per heavy atom. The first-order valence-electron chi connectivity index (χ1n) is 4.80. The van der Waals surface area contributed by atoms with E-state index in [0.717, 1.165) is 11.1 Å². The lowest BCUT2D eigenvalue weighted by Gasteiger charge is -1.97. The molecule has 0 aliphatic carbocycles. The summed E-state index contributed by atoms with van der Waals surface area (Å²) < 4.78 is 26.0. The summed E-state index contributed by atoms with van der Waals surface area (Å²) in [5, 5.41) is 2.65. The van der Waals surface area contributed by atoms with Gasteiger partial charge in [0.05, 0.1) is 10.7 Å². The van der Waals surface area contributed by atoms with Crippen molar-refractivity contribution in [1.29, 1.82) is 0 Å². The molecular weight excluding hydrogens is 230 g/mol. The first-order valence-corrected chi connectivity index (χ1v) is 5.68. The van der Waals surface area contributed by atoms with Gasteiger partial charge in [0.1, 0.15) is 11.6 Å². The van der Waals surface area contributed by atoms with E-state index in [1.807, 2.05) is 0 Å². The maximum Gasteiger partial charge on any atom is 0.126 e. The molecule has 0 saturated heterocycles. The number of aromatic nitrogens is 1. The number of rotatable bonds is 3. The second kappa shape index (κ2) is 4.67. The van der Waals surface area contributed by atoms with Gasteiger partial charge in [-0.25, -0.2) is 13.8 Å². The van der Waals surface area contributed by atoms with Gasteiger partial charge in [0.2, 0.25) is 0 Å². The summed E-state index contributed by atoms with van der Waals surface area (Å²) in [7, 11) is 0. The zero-order valence-corrected chi connectivity index (χ0v) is 9.23. The summed E-state index contributed by atoms with van der Waals surface area (Å²) in [5.41, 5.74) is 6.45. The fourth-order valence-electron chi connectivity index (χ4n) is 1.38. The maximum absolute atomic E-state index is 13.0. The molecular formula is C11H10F2N2S. The van der Waals surface area contributed by atoms with Crippen molar-refractivity contribution in [3.05, 3.63) is 40.2 Å². The van der Waals surface area contributed by atoms with Crippen LogP contribution in [0.15, 0.2) is 23.6 Å². The fourth-order valence-corrected chi connectivity index (χ4v) is 2.21. The molecule has 2 aromatic rings. The number of hydrogen-bond acceptors (Lipinski definition) is 3. The second-order valence-electron chi connectivity index (χ2n) is 3.32. The van der Waals surface area contributed by atoms with Gasteiger partial charge in [0.15, 0.2) is 0 Å². The molecule has 16 heavy (non-hydrogen) atoms. The van der Waals surface area contributed by atoms with Crippen LogP contribution in [0.1, 0.15) is 5.01 Å². The van der Waals surface area contributed by atoms with Gasteiger partial charge >= 0.3 is 0 Å². The average molecular weight is 240 g/mol. The van der Waals surface area contributed by atoms with E-state index < -0.39 is 11.6 Å². The van der Waals surface area contributed by atoms with Crippen molar-refractivity contribution in [2.24, 2.45) is 5.73 Å². The van der Waals surface area contributed by atoms with Crippen molar-refractivity contribution in [3.8, 4) is 11.3 Å². The van der Waals surface area contributed by atoms with Crippen molar-refractivity contribution >= 4 is 11.3 Å². The standard InChI is InChI=1S/C11H10F2N2S/c12-8-3-7(4-9(13)5-8)10-6-16-11(15-10)1-2-14/h3-6H,1-2,14H2. The minimum Gasteiger partial charge on any atom is -0.330 e. The first-order chi connectivity index (χ1) is 7.69. The highest BCUT2D eigenvalue weighted by atomic mass is 32.1. The molecule has 0 aliphatic heterocycles. The van der Waals surface area contributed by atoms with Gasteiger partial charge in [-0.2, -0.15) is 0 Å². The van der Waals surface area contributed by atoms with Crippen LogP contribution in [0, 0.1) is 11.6 Å². The molecule has 2 nitrogen and oxygen atoms in total. The van der Waals surface area contributed by atoms with E-state index in [4.69, 9.17) is 5.73 Å². The number of thiazole rings is 1. The van der Waals surface area contributed by atoms with Crippen molar-refractivity contribution in [2.75, 3.05) is 6.54 Å². The number of nitrogens with two attached hydrogens (primary N) is 1. The number of hydrogen-bond donors (Lipinski definition) is 1. The van der Waals surface area contributed by atoms with Gasteiger partial charge in [0.25, 0.3) is 0 Å². The molecule has 0 atom stereocenters. The zero-order valence-electron chi connectivity index (χ0n) is 8.41. The molecule has 0 saturated carbocycles. The van der Waals surface area contributed by atoms with Crippen LogP contribution in [-0.4, -0.2) is 11.5 Å². The summed E-state index contributed by atoms with van der Waals surface area (Å²) in [6.45, 7) is 0.518. The lowest BCUT2D eigenvalue weighted by Crippen LogP contribution is -2.02. The number of nitrogens with zero attached hydrogens (tertiary/aromatic N) is 1. The predicted molar refractivity (Wildman–Crippen MR) is 60.2 cm³/mol. The Morgan fingerprint density at radius 2 is 1.88 bits per heavy atom. The number of benzene rings is 1. The zero-order chi connectivity index (χ0) is 11.5. The maximum atomic E-state index is 13.0. The molecule has 1 aromatic heterocycles. The van der Waals surface area contributed by atoms with Crippen LogP contribution in [0.5, 0.6) is 0 Å². The smallest absolute Gasteiger partial charge is 0.126 e. The molecule has 0 spiro atoms. The monoisotopic (exact) mass is 240 g/mol. The molecule has 0 amide bonds. The lowest BCUT2D eigenvalue weighted by atomic mass is 10.1. The average Bonchev–Trinajstić information content (AvgIpc) is 2.65. The largest absolute Gasteiger partial charge is 0.330 e. The topological polar surface area (TPSA) is 38.9 Å². The normalized spacial score (nSPS) is 10.7. The third kappa shape index (κ3) is 2.43. The van der Waals surface area contributed by atoms with Crippen LogP contribution >= 0.6 is 11.3 Å². The molecule has 0 unspecified atom stereocenters. The Kier molecular flexibility index (Phi) is 3.26. The minimum atomic E-state index is -0.594. The molecule has 0 fully saturated rings. The SMILES string of the molecule is NCCc1nc(-c2cc(F)cc(F)c2)cs1. The predicted octanol–water partition coefficient (Wildman–Crippen LogP) is 2.59. The minimum absolute atomic E-state index is 0.456. The van der Waals surface area contributed by atoms with E-state index in [2.05, 4.69) is 4.98 Å². The second-order valence-corrected chi connectivity index (χ2v) is 4.27. The van der Waals surface area contributed by atoms with Crippen LogP contribution < -0.4 is 5.73 Å². The van der Waals surface area contributed by atoms with Gasteiger partial charge in [-0.3, -0.25) is 0 Å². The first kappa shape index (κ1) is 11.2. The third-order valence-electron chi connectivity index (χ3n) is 2.07. The van der Waals surface area contributed by atoms with E-state index in [-0.39, 0.29) is 0 Å². The van der Waals surface area contributed by atoms with Gasteiger partial charge in [0, 0.05) is 23.4 Å². The van der Waals surface area contributed by atoms with Crippen LogP contribution in [0.3, 0.4) is 0 Å².